The summed E-state index contributed by atoms with van der Waals surface area (Å²) in [7, 11) is -0.418. The third kappa shape index (κ3) is 4.54. The summed E-state index contributed by atoms with van der Waals surface area (Å²) in [5.74, 6) is 0.747. The number of imidazole rings is 1. The highest BCUT2D eigenvalue weighted by atomic mass is 16.7. The number of H-pyrrole nitrogens is 1. The monoisotopic (exact) mass is 508 g/mol. The van der Waals surface area contributed by atoms with Gasteiger partial charge in [0.2, 0.25) is 5.91 Å². The van der Waals surface area contributed by atoms with E-state index in [2.05, 4.69) is 10.3 Å². The van der Waals surface area contributed by atoms with E-state index in [0.29, 0.717) is 5.92 Å². The van der Waals surface area contributed by atoms with Gasteiger partial charge in [-0.25, -0.2) is 9.78 Å². The number of hydrogen-bond acceptors (Lipinski definition) is 5. The lowest BCUT2D eigenvalue weighted by molar-refractivity contribution is -0.139. The molecule has 2 aromatic rings. The Morgan fingerprint density at radius 2 is 1.78 bits per heavy atom. The van der Waals surface area contributed by atoms with E-state index >= 15 is 0 Å². The Bertz CT molecular complexity index is 1160. The molecule has 1 aromatic carbocycles. The molecule has 3 aliphatic rings. The van der Waals surface area contributed by atoms with Crippen LogP contribution in [0.1, 0.15) is 72.7 Å². The van der Waals surface area contributed by atoms with Crippen molar-refractivity contribution < 1.29 is 24.0 Å². The maximum absolute atomic E-state index is 13.6. The molecule has 198 valence electrons. The van der Waals surface area contributed by atoms with E-state index in [9.17, 15) is 14.7 Å². The molecule has 0 unspecified atom stereocenters. The molecule has 4 atom stereocenters. The van der Waals surface area contributed by atoms with Gasteiger partial charge in [0.1, 0.15) is 11.9 Å². The Balaban J connectivity index is 1.36. The van der Waals surface area contributed by atoms with E-state index < -0.39 is 30.5 Å². The van der Waals surface area contributed by atoms with Crippen molar-refractivity contribution in [1.29, 1.82) is 0 Å². The summed E-state index contributed by atoms with van der Waals surface area (Å²) in [6.07, 6.45) is 3.53. The number of amides is 2. The lowest BCUT2D eigenvalue weighted by Crippen LogP contribution is -2.53. The van der Waals surface area contributed by atoms with Gasteiger partial charge in [0.15, 0.2) is 0 Å². The van der Waals surface area contributed by atoms with Gasteiger partial charge in [-0.15, -0.1) is 0 Å². The molecule has 1 saturated carbocycles. The number of hydrogen-bond donors (Lipinski definition) is 3. The number of carboxylic acid groups (broad SMARTS) is 1. The second-order valence-electron chi connectivity index (χ2n) is 12.0. The van der Waals surface area contributed by atoms with Gasteiger partial charge in [-0.05, 0) is 69.8 Å². The van der Waals surface area contributed by atoms with Gasteiger partial charge in [-0.3, -0.25) is 4.79 Å². The number of carbonyl (C=O) groups excluding carboxylic acids is 1. The number of nitrogens with zero attached hydrogens (tertiary/aromatic N) is 2. The molecule has 37 heavy (non-hydrogen) atoms. The number of aromatic amines is 1. The Morgan fingerprint density at radius 3 is 2.38 bits per heavy atom. The maximum Gasteiger partial charge on any atom is 0.494 e. The summed E-state index contributed by atoms with van der Waals surface area (Å²) in [5, 5.41) is 11.7. The molecule has 2 amide bonds. The van der Waals surface area contributed by atoms with Crippen LogP contribution in [0.2, 0.25) is 0 Å². The van der Waals surface area contributed by atoms with Crippen LogP contribution in [-0.4, -0.2) is 62.4 Å². The van der Waals surface area contributed by atoms with Crippen molar-refractivity contribution >= 4 is 24.6 Å². The highest BCUT2D eigenvalue weighted by molar-refractivity contribution is 6.62. The first kappa shape index (κ1) is 25.8. The van der Waals surface area contributed by atoms with E-state index in [-0.39, 0.29) is 23.9 Å². The fourth-order valence-electron chi connectivity index (χ4n) is 5.90. The lowest BCUT2D eigenvalue weighted by atomic mass is 9.79. The number of benzene rings is 1. The molecular formula is C27H37BN4O5. The van der Waals surface area contributed by atoms with Gasteiger partial charge >= 0.3 is 13.2 Å². The Kier molecular flexibility index (Phi) is 6.39. The molecule has 9 nitrogen and oxygen atoms in total. The van der Waals surface area contributed by atoms with Gasteiger partial charge in [0.05, 0.1) is 29.1 Å². The van der Waals surface area contributed by atoms with Crippen molar-refractivity contribution in [3.63, 3.8) is 0 Å². The zero-order chi connectivity index (χ0) is 26.7. The van der Waals surface area contributed by atoms with Crippen LogP contribution in [0.25, 0.3) is 11.3 Å². The van der Waals surface area contributed by atoms with Crippen molar-refractivity contribution in [2.45, 2.75) is 90.1 Å². The van der Waals surface area contributed by atoms with Gasteiger partial charge in [-0.1, -0.05) is 38.1 Å². The number of carbonyl (C=O) groups is 2. The third-order valence-electron chi connectivity index (χ3n) is 8.67. The van der Waals surface area contributed by atoms with Crippen LogP contribution in [0.3, 0.4) is 0 Å². The van der Waals surface area contributed by atoms with Crippen molar-refractivity contribution in [1.82, 2.24) is 20.2 Å². The first-order chi connectivity index (χ1) is 17.4. The van der Waals surface area contributed by atoms with Gasteiger partial charge in [-0.2, -0.15) is 0 Å². The normalized spacial score (nSPS) is 26.6. The second kappa shape index (κ2) is 9.17. The predicted molar refractivity (Wildman–Crippen MR) is 140 cm³/mol. The van der Waals surface area contributed by atoms with Crippen LogP contribution in [0.5, 0.6) is 0 Å². The first-order valence-corrected chi connectivity index (χ1v) is 13.2. The zero-order valence-corrected chi connectivity index (χ0v) is 22.4. The molecule has 1 aromatic heterocycles. The molecule has 2 bridgehead atoms. The van der Waals surface area contributed by atoms with Crippen LogP contribution >= 0.6 is 0 Å². The Morgan fingerprint density at radius 1 is 1.14 bits per heavy atom. The minimum atomic E-state index is -1.18. The maximum atomic E-state index is 13.6. The van der Waals surface area contributed by atoms with E-state index in [1.165, 1.54) is 0 Å². The first-order valence-electron chi connectivity index (χ1n) is 13.2. The van der Waals surface area contributed by atoms with Crippen molar-refractivity contribution in [2.24, 2.45) is 11.8 Å². The van der Waals surface area contributed by atoms with Crippen LogP contribution in [-0.2, 0) is 14.1 Å². The smallest absolute Gasteiger partial charge is 0.465 e. The topological polar surface area (TPSA) is 117 Å². The number of aromatic nitrogens is 2. The lowest BCUT2D eigenvalue weighted by Gasteiger charge is -2.37. The van der Waals surface area contributed by atoms with E-state index in [0.717, 1.165) is 41.8 Å². The Hall–Kier alpha value is -2.85. The largest absolute Gasteiger partial charge is 0.494 e. The summed E-state index contributed by atoms with van der Waals surface area (Å²) in [5.41, 5.74) is 2.01. The number of likely N-dealkylation sites (tertiary alicyclic amines) is 1. The molecule has 0 radical (unpaired) electrons. The number of piperidine rings is 1. The fraction of sp³-hybridized carbons (Fsp3) is 0.593. The molecule has 3 heterocycles. The molecule has 1 aliphatic carbocycles. The van der Waals surface area contributed by atoms with Gasteiger partial charge in [0, 0.05) is 6.04 Å². The summed E-state index contributed by atoms with van der Waals surface area (Å²) in [6.45, 7) is 11.9. The Labute approximate surface area is 218 Å². The quantitative estimate of drug-likeness (QED) is 0.513. The molecule has 3 N–H and O–H groups in total. The molecule has 0 spiro atoms. The molecular weight excluding hydrogens is 471 g/mol. The molecule has 5 rings (SSSR count). The average molecular weight is 508 g/mol. The van der Waals surface area contributed by atoms with Crippen molar-refractivity contribution in [3.8, 4) is 11.3 Å². The molecule has 2 saturated heterocycles. The van der Waals surface area contributed by atoms with E-state index in [1.54, 1.807) is 0 Å². The van der Waals surface area contributed by atoms with E-state index in [4.69, 9.17) is 14.3 Å². The van der Waals surface area contributed by atoms with Crippen molar-refractivity contribution in [2.75, 3.05) is 0 Å². The summed E-state index contributed by atoms with van der Waals surface area (Å²) in [4.78, 5) is 35.0. The van der Waals surface area contributed by atoms with Gasteiger partial charge < -0.3 is 29.6 Å². The number of nitrogens with one attached hydrogen (secondary N) is 2. The SMILES string of the molecule is CC(C)[C@H](NC(=O)O)C(=O)N1[C@@H]2CC[C@@H](C2)[C@H]1c1ncc(-c2ccc(B3OC(C)(C)C(C)(C)O3)cc2)[nH]1. The van der Waals surface area contributed by atoms with Crippen LogP contribution in [0, 0.1) is 11.8 Å². The highest BCUT2D eigenvalue weighted by Crippen LogP contribution is 2.50. The second-order valence-corrected chi connectivity index (χ2v) is 12.0. The van der Waals surface area contributed by atoms with Crippen LogP contribution in [0.4, 0.5) is 4.79 Å². The fourth-order valence-corrected chi connectivity index (χ4v) is 5.90. The third-order valence-corrected chi connectivity index (χ3v) is 8.67. The summed E-state index contributed by atoms with van der Waals surface area (Å²) < 4.78 is 12.3. The molecule has 2 aliphatic heterocycles. The highest BCUT2D eigenvalue weighted by Gasteiger charge is 2.52. The van der Waals surface area contributed by atoms with E-state index in [1.807, 2.05) is 76.9 Å². The average Bonchev–Trinajstić information content (AvgIpc) is 3.60. The zero-order valence-electron chi connectivity index (χ0n) is 22.4. The minimum absolute atomic E-state index is 0.118. The molecule has 10 heteroatoms. The summed E-state index contributed by atoms with van der Waals surface area (Å²) in [6, 6.07) is 7.22. The molecule has 3 fully saturated rings. The summed E-state index contributed by atoms with van der Waals surface area (Å²) >= 11 is 0. The van der Waals surface area contributed by atoms with Crippen LogP contribution < -0.4 is 10.8 Å². The number of rotatable bonds is 6. The number of fused-ring (bicyclic) bond motifs is 2. The minimum Gasteiger partial charge on any atom is -0.465 e. The standard InChI is InChI=1S/C27H37BN4O5/c1-15(2)21(31-25(34)35)24(33)32-19-12-9-17(13-19)22(32)23-29-14-20(30-23)16-7-10-18(11-8-16)28-36-26(3,4)27(5,6)37-28/h7-8,10-11,14-15,17,19,21-22,31H,9,12-13H2,1-6H3,(H,29,30)(H,34,35)/t17-,19+,21-,22-/m0/s1. The van der Waals surface area contributed by atoms with Crippen molar-refractivity contribution in [3.05, 3.63) is 36.3 Å². The predicted octanol–water partition coefficient (Wildman–Crippen LogP) is 3.72. The van der Waals surface area contributed by atoms with Gasteiger partial charge in [0.25, 0.3) is 0 Å². The van der Waals surface area contributed by atoms with Crippen LogP contribution in [0.15, 0.2) is 30.5 Å².